The van der Waals surface area contributed by atoms with Gasteiger partial charge in [0.15, 0.2) is 11.5 Å². The van der Waals surface area contributed by atoms with Crippen LogP contribution >= 0.6 is 31.9 Å². The maximum Gasteiger partial charge on any atom is 0.162 e. The third-order valence-corrected chi connectivity index (χ3v) is 6.40. The number of phenolic OH excluding ortho intramolecular Hbond substituents is 1. The highest BCUT2D eigenvalue weighted by Gasteiger charge is 2.27. The molecule has 0 fully saturated rings. The number of aromatic hydroxyl groups is 1. The molecule has 7 heteroatoms. The summed E-state index contributed by atoms with van der Waals surface area (Å²) in [7, 11) is 1.65. The fraction of sp³-hybridized carbons (Fsp3) is 0.200. The molecule has 0 saturated carbocycles. The molecule has 1 heterocycles. The topological polar surface area (TPSA) is 62.8 Å². The summed E-state index contributed by atoms with van der Waals surface area (Å²) in [5.74, 6) is 1.39. The van der Waals surface area contributed by atoms with E-state index in [1.165, 1.54) is 0 Å². The lowest BCUT2D eigenvalue weighted by Gasteiger charge is -2.33. The van der Waals surface area contributed by atoms with E-state index >= 15 is 0 Å². The third-order valence-electron chi connectivity index (χ3n) is 5.29. The van der Waals surface area contributed by atoms with Crippen LogP contribution in [0.1, 0.15) is 35.8 Å². The van der Waals surface area contributed by atoms with Crippen molar-refractivity contribution in [1.82, 2.24) is 10.6 Å². The number of methoxy groups -OCH3 is 1. The molecule has 32 heavy (non-hydrogen) atoms. The van der Waals surface area contributed by atoms with Crippen LogP contribution in [0.5, 0.6) is 17.2 Å². The van der Waals surface area contributed by atoms with Crippen LogP contribution in [-0.2, 0) is 0 Å². The van der Waals surface area contributed by atoms with E-state index in [1.807, 2.05) is 49.4 Å². The van der Waals surface area contributed by atoms with Crippen molar-refractivity contribution < 1.29 is 14.6 Å². The first-order valence-electron chi connectivity index (χ1n) is 10.3. The fourth-order valence-corrected chi connectivity index (χ4v) is 4.72. The molecule has 1 aliphatic heterocycles. The van der Waals surface area contributed by atoms with Gasteiger partial charge in [-0.15, -0.1) is 0 Å². The first-order valence-corrected chi connectivity index (χ1v) is 11.9. The van der Waals surface area contributed by atoms with Gasteiger partial charge in [0.05, 0.1) is 24.2 Å². The lowest BCUT2D eigenvalue weighted by Crippen LogP contribution is -2.39. The SMILES string of the molecule is CCOc1cccc(C2C=C(c3cccc(Br)c3)NC(c3ccc(OC)c(Br)c3)N2)c1O. The highest BCUT2D eigenvalue weighted by atomic mass is 79.9. The molecule has 166 valence electrons. The summed E-state index contributed by atoms with van der Waals surface area (Å²) in [5, 5.41) is 18.1. The number of para-hydroxylation sites is 1. The van der Waals surface area contributed by atoms with E-state index < -0.39 is 0 Å². The molecule has 0 aliphatic carbocycles. The van der Waals surface area contributed by atoms with Crippen molar-refractivity contribution >= 4 is 37.6 Å². The molecule has 3 N–H and O–H groups in total. The zero-order valence-electron chi connectivity index (χ0n) is 17.7. The van der Waals surface area contributed by atoms with Crippen molar-refractivity contribution in [3.05, 3.63) is 92.4 Å². The van der Waals surface area contributed by atoms with E-state index in [-0.39, 0.29) is 18.0 Å². The van der Waals surface area contributed by atoms with Crippen molar-refractivity contribution in [2.45, 2.75) is 19.1 Å². The van der Waals surface area contributed by atoms with Gasteiger partial charge < -0.3 is 19.9 Å². The fourth-order valence-electron chi connectivity index (χ4n) is 3.76. The second-order valence-electron chi connectivity index (χ2n) is 7.33. The van der Waals surface area contributed by atoms with Crippen LogP contribution < -0.4 is 20.1 Å². The van der Waals surface area contributed by atoms with Crippen molar-refractivity contribution in [1.29, 1.82) is 0 Å². The molecule has 4 rings (SSSR count). The Hall–Kier alpha value is -2.48. The van der Waals surface area contributed by atoms with Crippen molar-refractivity contribution in [2.75, 3.05) is 13.7 Å². The predicted octanol–water partition coefficient (Wildman–Crippen LogP) is 6.30. The molecule has 3 aromatic rings. The molecule has 0 spiro atoms. The Labute approximate surface area is 204 Å². The molecule has 3 aromatic carbocycles. The monoisotopic (exact) mass is 558 g/mol. The van der Waals surface area contributed by atoms with Gasteiger partial charge in [0.25, 0.3) is 0 Å². The summed E-state index contributed by atoms with van der Waals surface area (Å²) in [4.78, 5) is 0. The van der Waals surface area contributed by atoms with Gasteiger partial charge >= 0.3 is 0 Å². The Morgan fingerprint density at radius 3 is 2.53 bits per heavy atom. The van der Waals surface area contributed by atoms with Gasteiger partial charge in [0.2, 0.25) is 0 Å². The average molecular weight is 560 g/mol. The Balaban J connectivity index is 1.77. The Morgan fingerprint density at radius 2 is 1.81 bits per heavy atom. The van der Waals surface area contributed by atoms with Gasteiger partial charge in [-0.3, -0.25) is 5.32 Å². The molecule has 0 bridgehead atoms. The molecular formula is C25H24Br2N2O3. The van der Waals surface area contributed by atoms with E-state index in [4.69, 9.17) is 9.47 Å². The van der Waals surface area contributed by atoms with Crippen LogP contribution in [0.3, 0.4) is 0 Å². The number of phenols is 1. The summed E-state index contributed by atoms with van der Waals surface area (Å²) < 4.78 is 12.9. The number of nitrogens with one attached hydrogen (secondary N) is 2. The van der Waals surface area contributed by atoms with Crippen LogP contribution in [0.15, 0.2) is 75.7 Å². The highest BCUT2D eigenvalue weighted by Crippen LogP contribution is 2.39. The zero-order valence-corrected chi connectivity index (χ0v) is 20.9. The number of halogens is 2. The van der Waals surface area contributed by atoms with E-state index in [0.29, 0.717) is 12.4 Å². The van der Waals surface area contributed by atoms with Gasteiger partial charge in [0, 0.05) is 15.7 Å². The Morgan fingerprint density at radius 1 is 1.00 bits per heavy atom. The normalized spacial score (nSPS) is 17.9. The van der Waals surface area contributed by atoms with Gasteiger partial charge in [-0.1, -0.05) is 46.3 Å². The van der Waals surface area contributed by atoms with Gasteiger partial charge in [-0.05, 0) is 70.4 Å². The van der Waals surface area contributed by atoms with Crippen LogP contribution in [-0.4, -0.2) is 18.8 Å². The number of ether oxygens (including phenoxy) is 2. The Kier molecular flexibility index (Phi) is 7.08. The van der Waals surface area contributed by atoms with Gasteiger partial charge in [0.1, 0.15) is 11.9 Å². The molecule has 2 atom stereocenters. The summed E-state index contributed by atoms with van der Waals surface area (Å²) in [6.07, 6.45) is 1.89. The summed E-state index contributed by atoms with van der Waals surface area (Å²) in [5.41, 5.74) is 3.79. The lowest BCUT2D eigenvalue weighted by molar-refractivity contribution is 0.314. The van der Waals surface area contributed by atoms with Crippen molar-refractivity contribution in [2.24, 2.45) is 0 Å². The standard InChI is InChI=1S/C25H24Br2N2O3/c1-3-32-23-9-5-8-18(24(23)30)21-14-20(15-6-4-7-17(26)12-15)28-25(29-21)16-10-11-22(31-2)19(27)13-16/h4-14,21,25,28-30H,3H2,1-2H3. The number of rotatable bonds is 6. The second-order valence-corrected chi connectivity index (χ2v) is 9.10. The molecule has 0 radical (unpaired) electrons. The highest BCUT2D eigenvalue weighted by molar-refractivity contribution is 9.10. The summed E-state index contributed by atoms with van der Waals surface area (Å²) in [6.45, 7) is 2.38. The minimum atomic E-state index is -0.239. The van der Waals surface area contributed by atoms with Gasteiger partial charge in [-0.25, -0.2) is 0 Å². The summed E-state index contributed by atoms with van der Waals surface area (Å²) in [6, 6.07) is 19.5. The largest absolute Gasteiger partial charge is 0.504 e. The van der Waals surface area contributed by atoms with Gasteiger partial charge in [-0.2, -0.15) is 0 Å². The third kappa shape index (κ3) is 4.80. The average Bonchev–Trinajstić information content (AvgIpc) is 2.80. The predicted molar refractivity (Wildman–Crippen MR) is 134 cm³/mol. The van der Waals surface area contributed by atoms with Crippen LogP contribution in [0.4, 0.5) is 0 Å². The molecule has 0 saturated heterocycles. The molecule has 2 unspecified atom stereocenters. The van der Waals surface area contributed by atoms with E-state index in [1.54, 1.807) is 13.2 Å². The van der Waals surface area contributed by atoms with Crippen LogP contribution in [0.2, 0.25) is 0 Å². The first kappa shape index (κ1) is 22.7. The number of benzene rings is 3. The second kappa shape index (κ2) is 9.98. The maximum atomic E-state index is 10.9. The van der Waals surface area contributed by atoms with E-state index in [9.17, 15) is 5.11 Å². The van der Waals surface area contributed by atoms with Crippen LogP contribution in [0, 0.1) is 0 Å². The smallest absolute Gasteiger partial charge is 0.162 e. The quantitative estimate of drug-likeness (QED) is 0.331. The molecular weight excluding hydrogens is 536 g/mol. The Bertz CT molecular complexity index is 1150. The zero-order chi connectivity index (χ0) is 22.7. The number of hydrogen-bond donors (Lipinski definition) is 3. The van der Waals surface area contributed by atoms with E-state index in [0.717, 1.165) is 37.1 Å². The first-order chi connectivity index (χ1) is 15.5. The van der Waals surface area contributed by atoms with Crippen LogP contribution in [0.25, 0.3) is 5.70 Å². The lowest BCUT2D eigenvalue weighted by atomic mass is 9.97. The number of hydrogen-bond acceptors (Lipinski definition) is 5. The van der Waals surface area contributed by atoms with Crippen molar-refractivity contribution in [3.8, 4) is 17.2 Å². The van der Waals surface area contributed by atoms with Crippen molar-refractivity contribution in [3.63, 3.8) is 0 Å². The minimum absolute atomic E-state index is 0.147. The molecule has 0 aromatic heterocycles. The molecule has 1 aliphatic rings. The summed E-state index contributed by atoms with van der Waals surface area (Å²) >= 11 is 7.15. The van der Waals surface area contributed by atoms with E-state index in [2.05, 4.69) is 60.7 Å². The maximum absolute atomic E-state index is 10.9. The minimum Gasteiger partial charge on any atom is -0.504 e. The molecule has 0 amide bonds. The molecule has 5 nitrogen and oxygen atoms in total.